The zero-order valence-electron chi connectivity index (χ0n) is 17.7. The van der Waals surface area contributed by atoms with E-state index in [1.165, 1.54) is 6.92 Å². The highest BCUT2D eigenvalue weighted by atomic mass is 16.6. The van der Waals surface area contributed by atoms with Crippen LogP contribution >= 0.6 is 0 Å². The lowest BCUT2D eigenvalue weighted by Gasteiger charge is -2.35. The molecule has 1 saturated heterocycles. The molecule has 0 aromatic carbocycles. The van der Waals surface area contributed by atoms with Crippen LogP contribution in [-0.2, 0) is 23.8 Å². The average Bonchev–Trinajstić information content (AvgIpc) is 2.88. The molecule has 0 aromatic heterocycles. The first-order valence-electron chi connectivity index (χ1n) is 9.32. The molecule has 162 valence electrons. The molecular formula is C19H33NO8. The van der Waals surface area contributed by atoms with Gasteiger partial charge in [0.25, 0.3) is 0 Å². The van der Waals surface area contributed by atoms with Crippen LogP contribution in [0.25, 0.3) is 0 Å². The monoisotopic (exact) mass is 403 g/mol. The van der Waals surface area contributed by atoms with Crippen molar-refractivity contribution >= 4 is 18.0 Å². The SMILES string of the molecule is CC(=O)OC[C@@H]1C[C@H](C(=O)OC(C)(C)C)N(C(=O)OC(C)(C)C)[C@H]1[C@H](O)CO. The first-order valence-corrected chi connectivity index (χ1v) is 9.32. The molecule has 0 aromatic rings. The van der Waals surface area contributed by atoms with E-state index in [1.54, 1.807) is 41.5 Å². The molecule has 1 aliphatic rings. The number of aliphatic hydroxyl groups excluding tert-OH is 2. The molecule has 1 aliphatic heterocycles. The summed E-state index contributed by atoms with van der Waals surface area (Å²) in [6.07, 6.45) is -2.06. The van der Waals surface area contributed by atoms with E-state index in [1.807, 2.05) is 0 Å². The Bertz CT molecular complexity index is 577. The maximum Gasteiger partial charge on any atom is 0.411 e. The van der Waals surface area contributed by atoms with Gasteiger partial charge in [0, 0.05) is 12.8 Å². The van der Waals surface area contributed by atoms with Gasteiger partial charge in [-0.2, -0.15) is 0 Å². The van der Waals surface area contributed by atoms with Gasteiger partial charge in [-0.3, -0.25) is 9.69 Å². The molecule has 0 saturated carbocycles. The number of ether oxygens (including phenoxy) is 3. The lowest BCUT2D eigenvalue weighted by atomic mass is 9.96. The van der Waals surface area contributed by atoms with Crippen LogP contribution in [0, 0.1) is 5.92 Å². The molecule has 0 radical (unpaired) electrons. The Hall–Kier alpha value is -1.87. The summed E-state index contributed by atoms with van der Waals surface area (Å²) in [5.41, 5.74) is -1.62. The van der Waals surface area contributed by atoms with Crippen molar-refractivity contribution in [2.45, 2.75) is 84.3 Å². The zero-order chi connectivity index (χ0) is 21.9. The second-order valence-electron chi connectivity index (χ2n) is 8.98. The minimum atomic E-state index is -1.35. The fourth-order valence-electron chi connectivity index (χ4n) is 3.12. The van der Waals surface area contributed by atoms with E-state index in [0.717, 1.165) is 4.90 Å². The number of carbonyl (C=O) groups excluding carboxylic acids is 3. The standard InChI is InChI=1S/C19H33NO8/c1-11(22)26-10-12-8-13(16(24)27-18(2,3)4)20(15(12)14(23)9-21)17(25)28-19(5,6)7/h12-15,21,23H,8-10H2,1-7H3/t12-,13+,14+,15+/m0/s1. The fourth-order valence-corrected chi connectivity index (χ4v) is 3.12. The molecule has 1 heterocycles. The number of likely N-dealkylation sites (tertiary alicyclic amines) is 1. The second kappa shape index (κ2) is 9.09. The number of amides is 1. The molecular weight excluding hydrogens is 370 g/mol. The summed E-state index contributed by atoms with van der Waals surface area (Å²) >= 11 is 0. The number of esters is 2. The molecule has 9 nitrogen and oxygen atoms in total. The molecule has 1 rings (SSSR count). The minimum Gasteiger partial charge on any atom is -0.465 e. The highest BCUT2D eigenvalue weighted by Crippen LogP contribution is 2.35. The van der Waals surface area contributed by atoms with Crippen molar-refractivity contribution in [1.82, 2.24) is 4.90 Å². The molecule has 0 bridgehead atoms. The van der Waals surface area contributed by atoms with Crippen molar-refractivity contribution in [1.29, 1.82) is 0 Å². The van der Waals surface area contributed by atoms with Gasteiger partial charge in [0.15, 0.2) is 0 Å². The molecule has 1 fully saturated rings. The van der Waals surface area contributed by atoms with Crippen molar-refractivity contribution in [2.75, 3.05) is 13.2 Å². The lowest BCUT2D eigenvalue weighted by Crippen LogP contribution is -2.54. The largest absolute Gasteiger partial charge is 0.465 e. The summed E-state index contributed by atoms with van der Waals surface area (Å²) in [4.78, 5) is 37.9. The average molecular weight is 403 g/mol. The Balaban J connectivity index is 3.26. The fraction of sp³-hybridized carbons (Fsp3) is 0.842. The normalized spacial score (nSPS) is 23.9. The number of rotatable bonds is 5. The summed E-state index contributed by atoms with van der Waals surface area (Å²) in [6.45, 7) is 10.6. The van der Waals surface area contributed by atoms with Gasteiger partial charge in [0.1, 0.15) is 17.2 Å². The molecule has 28 heavy (non-hydrogen) atoms. The van der Waals surface area contributed by atoms with E-state index >= 15 is 0 Å². The van der Waals surface area contributed by atoms with Gasteiger partial charge in [0.05, 0.1) is 25.4 Å². The second-order valence-corrected chi connectivity index (χ2v) is 8.98. The molecule has 0 spiro atoms. The van der Waals surface area contributed by atoms with E-state index in [9.17, 15) is 24.6 Å². The van der Waals surface area contributed by atoms with Crippen LogP contribution in [0.3, 0.4) is 0 Å². The van der Waals surface area contributed by atoms with Crippen LogP contribution in [0.5, 0.6) is 0 Å². The van der Waals surface area contributed by atoms with Crippen molar-refractivity contribution in [3.05, 3.63) is 0 Å². The van der Waals surface area contributed by atoms with Gasteiger partial charge in [-0.05, 0) is 48.0 Å². The molecule has 9 heteroatoms. The highest BCUT2D eigenvalue weighted by Gasteiger charge is 2.52. The van der Waals surface area contributed by atoms with Crippen LogP contribution in [0.2, 0.25) is 0 Å². The van der Waals surface area contributed by atoms with Crippen LogP contribution in [0.15, 0.2) is 0 Å². The number of hydrogen-bond donors (Lipinski definition) is 2. The highest BCUT2D eigenvalue weighted by molar-refractivity contribution is 5.83. The van der Waals surface area contributed by atoms with E-state index in [4.69, 9.17) is 14.2 Å². The maximum absolute atomic E-state index is 12.9. The zero-order valence-corrected chi connectivity index (χ0v) is 17.7. The molecule has 1 amide bonds. The topological polar surface area (TPSA) is 123 Å². The number of aliphatic hydroxyl groups is 2. The summed E-state index contributed by atoms with van der Waals surface area (Å²) in [7, 11) is 0. The third-order valence-corrected chi connectivity index (χ3v) is 4.03. The summed E-state index contributed by atoms with van der Waals surface area (Å²) in [5.74, 6) is -1.75. The van der Waals surface area contributed by atoms with E-state index in [-0.39, 0.29) is 13.0 Å². The Morgan fingerprint density at radius 1 is 1.07 bits per heavy atom. The maximum atomic E-state index is 12.9. The van der Waals surface area contributed by atoms with Crippen molar-refractivity contribution in [3.63, 3.8) is 0 Å². The minimum absolute atomic E-state index is 0.100. The van der Waals surface area contributed by atoms with Crippen LogP contribution in [-0.4, -0.2) is 75.7 Å². The Morgan fingerprint density at radius 2 is 1.61 bits per heavy atom. The van der Waals surface area contributed by atoms with Gasteiger partial charge in [-0.1, -0.05) is 0 Å². The van der Waals surface area contributed by atoms with Crippen molar-refractivity contribution < 1.29 is 38.8 Å². The van der Waals surface area contributed by atoms with E-state index in [2.05, 4.69) is 0 Å². The van der Waals surface area contributed by atoms with E-state index < -0.39 is 59.9 Å². The van der Waals surface area contributed by atoms with E-state index in [0.29, 0.717) is 0 Å². The van der Waals surface area contributed by atoms with Gasteiger partial charge in [-0.25, -0.2) is 9.59 Å². The smallest absolute Gasteiger partial charge is 0.411 e. The quantitative estimate of drug-likeness (QED) is 0.519. The van der Waals surface area contributed by atoms with Gasteiger partial charge in [0.2, 0.25) is 0 Å². The summed E-state index contributed by atoms with van der Waals surface area (Å²) < 4.78 is 15.9. The van der Waals surface area contributed by atoms with Crippen LogP contribution < -0.4 is 0 Å². The first-order chi connectivity index (χ1) is 12.7. The van der Waals surface area contributed by atoms with Gasteiger partial charge in [-0.15, -0.1) is 0 Å². The predicted octanol–water partition coefficient (Wildman–Crippen LogP) is 1.24. The van der Waals surface area contributed by atoms with Crippen LogP contribution in [0.1, 0.15) is 54.9 Å². The first kappa shape index (κ1) is 24.2. The Kier molecular flexibility index (Phi) is 7.84. The van der Waals surface area contributed by atoms with Crippen molar-refractivity contribution in [3.8, 4) is 0 Å². The lowest BCUT2D eigenvalue weighted by molar-refractivity contribution is -0.161. The third kappa shape index (κ3) is 6.94. The van der Waals surface area contributed by atoms with Gasteiger partial charge >= 0.3 is 18.0 Å². The summed E-state index contributed by atoms with van der Waals surface area (Å²) in [6, 6.07) is -2.02. The molecule has 0 aliphatic carbocycles. The predicted molar refractivity (Wildman–Crippen MR) is 99.3 cm³/mol. The third-order valence-electron chi connectivity index (χ3n) is 4.03. The number of carbonyl (C=O) groups is 3. The number of hydrogen-bond acceptors (Lipinski definition) is 8. The number of nitrogens with zero attached hydrogens (tertiary/aromatic N) is 1. The molecule has 0 unspecified atom stereocenters. The van der Waals surface area contributed by atoms with Crippen LogP contribution in [0.4, 0.5) is 4.79 Å². The Morgan fingerprint density at radius 3 is 2.04 bits per heavy atom. The Labute approximate surface area is 165 Å². The summed E-state index contributed by atoms with van der Waals surface area (Å²) in [5, 5.41) is 19.8. The van der Waals surface area contributed by atoms with Crippen molar-refractivity contribution in [2.24, 2.45) is 5.92 Å². The molecule has 4 atom stereocenters. The molecule has 2 N–H and O–H groups in total. The van der Waals surface area contributed by atoms with Gasteiger partial charge < -0.3 is 24.4 Å².